The van der Waals surface area contributed by atoms with E-state index in [0.29, 0.717) is 23.7 Å². The Labute approximate surface area is 184 Å². The number of rotatable bonds is 18. The van der Waals surface area contributed by atoms with Gasteiger partial charge in [-0.25, -0.2) is 0 Å². The van der Waals surface area contributed by atoms with E-state index in [2.05, 4.69) is 69.2 Å². The molecule has 0 saturated heterocycles. The van der Waals surface area contributed by atoms with Crippen LogP contribution in [0.3, 0.4) is 0 Å². The van der Waals surface area contributed by atoms with E-state index in [1.807, 2.05) is 0 Å². The van der Waals surface area contributed by atoms with Crippen molar-refractivity contribution in [2.24, 2.45) is 29.1 Å². The van der Waals surface area contributed by atoms with Gasteiger partial charge >= 0.3 is 0 Å². The smallest absolute Gasteiger partial charge is 0.0658 e. The van der Waals surface area contributed by atoms with Crippen molar-refractivity contribution in [1.29, 1.82) is 0 Å². The van der Waals surface area contributed by atoms with Crippen LogP contribution in [0.15, 0.2) is 0 Å². The molecule has 0 saturated carbocycles. The molecule has 2 unspecified atom stereocenters. The lowest BCUT2D eigenvalue weighted by atomic mass is 9.63. The first kappa shape index (κ1) is 28.9. The zero-order valence-electron chi connectivity index (χ0n) is 21.9. The lowest BCUT2D eigenvalue weighted by molar-refractivity contribution is -0.155. The van der Waals surface area contributed by atoms with Crippen LogP contribution in [0.2, 0.25) is 0 Å². The minimum atomic E-state index is 0.0956. The topological polar surface area (TPSA) is 18.5 Å². The second-order valence-corrected chi connectivity index (χ2v) is 11.1. The molecule has 176 valence electrons. The molecule has 2 nitrogen and oxygen atoms in total. The molecule has 2 atom stereocenters. The van der Waals surface area contributed by atoms with Gasteiger partial charge in [0.2, 0.25) is 0 Å². The van der Waals surface area contributed by atoms with Gasteiger partial charge in [-0.3, -0.25) is 0 Å². The molecule has 0 aliphatic carbocycles. The van der Waals surface area contributed by atoms with Gasteiger partial charge in [-0.05, 0) is 62.2 Å². The predicted molar refractivity (Wildman–Crippen MR) is 130 cm³/mol. The van der Waals surface area contributed by atoms with Crippen LogP contribution in [0.1, 0.15) is 121 Å². The summed E-state index contributed by atoms with van der Waals surface area (Å²) in [5.74, 6) is 2.55. The van der Waals surface area contributed by atoms with Gasteiger partial charge in [0.25, 0.3) is 0 Å². The summed E-state index contributed by atoms with van der Waals surface area (Å²) in [5, 5.41) is 0. The third kappa shape index (κ3) is 11.8. The fourth-order valence-electron chi connectivity index (χ4n) is 4.87. The van der Waals surface area contributed by atoms with Gasteiger partial charge in [0.1, 0.15) is 0 Å². The van der Waals surface area contributed by atoms with Crippen LogP contribution in [0, 0.1) is 29.1 Å². The molecule has 0 spiro atoms. The first-order valence-electron chi connectivity index (χ1n) is 12.8. The highest BCUT2D eigenvalue weighted by atomic mass is 16.5. The average molecular weight is 413 g/mol. The molecule has 29 heavy (non-hydrogen) atoms. The summed E-state index contributed by atoms with van der Waals surface area (Å²) in [6, 6.07) is 0. The molecule has 0 amide bonds. The van der Waals surface area contributed by atoms with Crippen molar-refractivity contribution in [2.45, 2.75) is 133 Å². The van der Waals surface area contributed by atoms with E-state index >= 15 is 0 Å². The second-order valence-electron chi connectivity index (χ2n) is 11.1. The van der Waals surface area contributed by atoms with Crippen LogP contribution in [0.5, 0.6) is 0 Å². The Morgan fingerprint density at radius 2 is 0.897 bits per heavy atom. The predicted octanol–water partition coefficient (Wildman–Crippen LogP) is 8.53. The molecule has 0 radical (unpaired) electrons. The zero-order valence-corrected chi connectivity index (χ0v) is 21.9. The molecular formula is C27H56O2. The van der Waals surface area contributed by atoms with Gasteiger partial charge in [0.15, 0.2) is 0 Å². The van der Waals surface area contributed by atoms with Crippen molar-refractivity contribution in [1.82, 2.24) is 0 Å². The van der Waals surface area contributed by atoms with Crippen LogP contribution in [-0.4, -0.2) is 25.4 Å². The van der Waals surface area contributed by atoms with Gasteiger partial charge in [-0.1, -0.05) is 82.1 Å². The normalized spacial score (nSPS) is 15.1. The van der Waals surface area contributed by atoms with Gasteiger partial charge < -0.3 is 9.47 Å². The summed E-state index contributed by atoms with van der Waals surface area (Å²) in [5.41, 5.74) is 0.0956. The van der Waals surface area contributed by atoms with Crippen LogP contribution in [-0.2, 0) is 9.47 Å². The maximum atomic E-state index is 6.75. The molecule has 0 aliphatic heterocycles. The molecule has 0 aromatic heterocycles. The molecule has 0 aromatic carbocycles. The largest absolute Gasteiger partial charge is 0.378 e. The van der Waals surface area contributed by atoms with Crippen LogP contribution in [0.25, 0.3) is 0 Å². The van der Waals surface area contributed by atoms with E-state index in [1.54, 1.807) is 0 Å². The van der Waals surface area contributed by atoms with E-state index in [4.69, 9.17) is 9.47 Å². The maximum absolute atomic E-state index is 6.75. The Kier molecular flexibility index (Phi) is 15.6. The minimum absolute atomic E-state index is 0.0956. The van der Waals surface area contributed by atoms with Crippen LogP contribution in [0.4, 0.5) is 0 Å². The maximum Gasteiger partial charge on any atom is 0.0658 e. The average Bonchev–Trinajstić information content (AvgIpc) is 2.58. The van der Waals surface area contributed by atoms with E-state index in [-0.39, 0.29) is 17.6 Å². The Bertz CT molecular complexity index is 337. The van der Waals surface area contributed by atoms with E-state index in [1.165, 1.54) is 25.7 Å². The molecule has 0 heterocycles. The summed E-state index contributed by atoms with van der Waals surface area (Å²) < 4.78 is 13.5. The Morgan fingerprint density at radius 3 is 1.14 bits per heavy atom. The molecular weight excluding hydrogens is 356 g/mol. The van der Waals surface area contributed by atoms with Crippen molar-refractivity contribution < 1.29 is 9.47 Å². The third-order valence-corrected chi connectivity index (χ3v) is 5.86. The Hall–Kier alpha value is -0.0800. The standard InChI is InChI=1S/C27H56O2/c1-11-13-15-28-25(17-21(3)4)27(19-23(7)8,20-24(9)10)26(18-22(5)6)29-16-14-12-2/h21-26H,11-20H2,1-10H3. The van der Waals surface area contributed by atoms with Crippen molar-refractivity contribution in [2.75, 3.05) is 13.2 Å². The molecule has 0 N–H and O–H groups in total. The zero-order chi connectivity index (χ0) is 22.4. The lowest BCUT2D eigenvalue weighted by Gasteiger charge is -2.49. The van der Waals surface area contributed by atoms with Crippen molar-refractivity contribution in [3.05, 3.63) is 0 Å². The number of hydrogen-bond donors (Lipinski definition) is 0. The SMILES string of the molecule is CCCCOC(CC(C)C)C(CC(C)C)(CC(C)C)C(CC(C)C)OCCCC. The molecule has 0 aliphatic rings. The number of ether oxygens (including phenoxy) is 2. The Balaban J connectivity index is 6.16. The summed E-state index contributed by atoms with van der Waals surface area (Å²) >= 11 is 0. The molecule has 0 aromatic rings. The second kappa shape index (κ2) is 15.7. The number of unbranched alkanes of at least 4 members (excludes halogenated alkanes) is 2. The van der Waals surface area contributed by atoms with E-state index in [9.17, 15) is 0 Å². The first-order chi connectivity index (χ1) is 13.6. The fourth-order valence-corrected chi connectivity index (χ4v) is 4.87. The summed E-state index contributed by atoms with van der Waals surface area (Å²) in [7, 11) is 0. The summed E-state index contributed by atoms with van der Waals surface area (Å²) in [4.78, 5) is 0. The monoisotopic (exact) mass is 412 g/mol. The van der Waals surface area contributed by atoms with Crippen molar-refractivity contribution in [3.8, 4) is 0 Å². The quantitative estimate of drug-likeness (QED) is 0.210. The van der Waals surface area contributed by atoms with Gasteiger partial charge in [-0.2, -0.15) is 0 Å². The van der Waals surface area contributed by atoms with E-state index in [0.717, 1.165) is 38.9 Å². The summed E-state index contributed by atoms with van der Waals surface area (Å²) in [6.45, 7) is 25.2. The van der Waals surface area contributed by atoms with Crippen LogP contribution < -0.4 is 0 Å². The minimum Gasteiger partial charge on any atom is -0.378 e. The van der Waals surface area contributed by atoms with Gasteiger partial charge in [-0.15, -0.1) is 0 Å². The van der Waals surface area contributed by atoms with Crippen LogP contribution >= 0.6 is 0 Å². The van der Waals surface area contributed by atoms with Crippen molar-refractivity contribution >= 4 is 0 Å². The van der Waals surface area contributed by atoms with Crippen molar-refractivity contribution in [3.63, 3.8) is 0 Å². The first-order valence-corrected chi connectivity index (χ1v) is 12.8. The highest BCUT2D eigenvalue weighted by Gasteiger charge is 2.47. The highest BCUT2D eigenvalue weighted by molar-refractivity contribution is 4.97. The molecule has 0 rings (SSSR count). The summed E-state index contributed by atoms with van der Waals surface area (Å²) in [6.07, 6.45) is 9.91. The van der Waals surface area contributed by atoms with Gasteiger partial charge in [0.05, 0.1) is 12.2 Å². The third-order valence-electron chi connectivity index (χ3n) is 5.86. The Morgan fingerprint density at radius 1 is 0.552 bits per heavy atom. The fraction of sp³-hybridized carbons (Fsp3) is 1.00. The van der Waals surface area contributed by atoms with Gasteiger partial charge in [0, 0.05) is 18.6 Å². The highest BCUT2D eigenvalue weighted by Crippen LogP contribution is 2.47. The lowest BCUT2D eigenvalue weighted by Crippen LogP contribution is -2.51. The number of hydrogen-bond acceptors (Lipinski definition) is 2. The molecule has 0 fully saturated rings. The molecule has 0 bridgehead atoms. The molecule has 2 heteroatoms. The van der Waals surface area contributed by atoms with E-state index < -0.39 is 0 Å².